The van der Waals surface area contributed by atoms with Crippen molar-refractivity contribution in [3.63, 3.8) is 0 Å². The zero-order valence-corrected chi connectivity index (χ0v) is 12.2. The number of hydrogen-bond acceptors (Lipinski definition) is 7. The summed E-state index contributed by atoms with van der Waals surface area (Å²) >= 11 is 6.37. The van der Waals surface area contributed by atoms with E-state index in [9.17, 15) is 15.0 Å². The fraction of sp³-hybridized carbons (Fsp3) is 0.583. The third-order valence-electron chi connectivity index (χ3n) is 3.18. The predicted molar refractivity (Wildman–Crippen MR) is 74.3 cm³/mol. The minimum Gasteiger partial charge on any atom is -0.391 e. The second kappa shape index (κ2) is 5.61. The van der Waals surface area contributed by atoms with E-state index in [1.807, 2.05) is 0 Å². The molecule has 0 aromatic carbocycles. The first-order chi connectivity index (χ1) is 9.81. The fourth-order valence-corrected chi connectivity index (χ4v) is 2.57. The number of aliphatic hydroxyl groups is 2. The average molecular weight is 315 g/mol. The molecular weight excluding hydrogens is 300 g/mol. The first-order valence-electron chi connectivity index (χ1n) is 6.16. The van der Waals surface area contributed by atoms with Crippen LogP contribution in [0, 0.1) is 11.8 Å². The second-order valence-electron chi connectivity index (χ2n) is 4.69. The van der Waals surface area contributed by atoms with E-state index in [-0.39, 0.29) is 5.95 Å². The smallest absolute Gasteiger partial charge is 0.354 e. The van der Waals surface area contributed by atoms with Gasteiger partial charge in [0.05, 0.1) is 6.10 Å². The van der Waals surface area contributed by atoms with E-state index >= 15 is 0 Å². The molecular formula is C12H15ClN4O4. The predicted octanol–water partition coefficient (Wildman–Crippen LogP) is -1.14. The van der Waals surface area contributed by atoms with Crippen LogP contribution in [0.5, 0.6) is 0 Å². The van der Waals surface area contributed by atoms with Gasteiger partial charge in [0.1, 0.15) is 18.5 Å². The molecule has 0 spiro atoms. The SMILES string of the molecule is CC#C[C@@]1(Cl)C(O)[C@@H]([C@@H](C)O)O[C@H]1n1cnc(N)nc1=O. The van der Waals surface area contributed by atoms with Crippen LogP contribution in [0.3, 0.4) is 0 Å². The summed E-state index contributed by atoms with van der Waals surface area (Å²) in [6.45, 7) is 2.97. The Morgan fingerprint density at radius 3 is 2.86 bits per heavy atom. The zero-order chi connectivity index (χ0) is 15.8. The van der Waals surface area contributed by atoms with Gasteiger partial charge < -0.3 is 20.7 Å². The van der Waals surface area contributed by atoms with Crippen molar-refractivity contribution in [1.82, 2.24) is 14.5 Å². The van der Waals surface area contributed by atoms with Gasteiger partial charge in [-0.1, -0.05) is 17.5 Å². The third-order valence-corrected chi connectivity index (χ3v) is 3.68. The van der Waals surface area contributed by atoms with Gasteiger partial charge in [0.25, 0.3) is 0 Å². The number of ether oxygens (including phenoxy) is 1. The first-order valence-corrected chi connectivity index (χ1v) is 6.54. The van der Waals surface area contributed by atoms with Gasteiger partial charge in [-0.05, 0) is 13.8 Å². The summed E-state index contributed by atoms with van der Waals surface area (Å²) in [5.41, 5.74) is 4.59. The lowest BCUT2D eigenvalue weighted by molar-refractivity contribution is -0.0775. The quantitative estimate of drug-likeness (QED) is 0.465. The lowest BCUT2D eigenvalue weighted by atomic mass is 9.97. The monoisotopic (exact) mass is 314 g/mol. The number of nitrogens with zero attached hydrogens (tertiary/aromatic N) is 3. The largest absolute Gasteiger partial charge is 0.391 e. The van der Waals surface area contributed by atoms with E-state index < -0.39 is 35.1 Å². The Morgan fingerprint density at radius 2 is 2.33 bits per heavy atom. The molecule has 1 aromatic rings. The number of nitrogen functional groups attached to an aromatic ring is 1. The second-order valence-corrected chi connectivity index (χ2v) is 5.31. The van der Waals surface area contributed by atoms with E-state index in [4.69, 9.17) is 22.1 Å². The molecule has 5 atom stereocenters. The number of rotatable bonds is 2. The summed E-state index contributed by atoms with van der Waals surface area (Å²) in [5, 5.41) is 20.0. The molecule has 1 fully saturated rings. The van der Waals surface area contributed by atoms with Crippen LogP contribution in [0.15, 0.2) is 11.1 Å². The van der Waals surface area contributed by atoms with Crippen LogP contribution in [0.2, 0.25) is 0 Å². The number of halogens is 1. The Labute approximate surface area is 125 Å². The first kappa shape index (κ1) is 15.7. The molecule has 8 nitrogen and oxygen atoms in total. The molecule has 21 heavy (non-hydrogen) atoms. The van der Waals surface area contributed by atoms with Crippen molar-refractivity contribution in [1.29, 1.82) is 0 Å². The van der Waals surface area contributed by atoms with Crippen LogP contribution in [-0.4, -0.2) is 47.9 Å². The molecule has 1 saturated heterocycles. The molecule has 2 rings (SSSR count). The van der Waals surface area contributed by atoms with Crippen molar-refractivity contribution in [2.45, 2.75) is 43.3 Å². The topological polar surface area (TPSA) is 123 Å². The summed E-state index contributed by atoms with van der Waals surface area (Å²) in [5.74, 6) is 5.02. The van der Waals surface area contributed by atoms with Crippen molar-refractivity contribution < 1.29 is 14.9 Å². The molecule has 4 N–H and O–H groups in total. The van der Waals surface area contributed by atoms with Gasteiger partial charge in [-0.25, -0.2) is 9.78 Å². The van der Waals surface area contributed by atoms with Crippen molar-refractivity contribution in [3.8, 4) is 11.8 Å². The summed E-state index contributed by atoms with van der Waals surface area (Å²) in [6, 6.07) is 0. The maximum absolute atomic E-state index is 11.9. The van der Waals surface area contributed by atoms with Crippen molar-refractivity contribution in [2.75, 3.05) is 5.73 Å². The molecule has 1 aromatic heterocycles. The van der Waals surface area contributed by atoms with Gasteiger partial charge in [-0.2, -0.15) is 4.98 Å². The van der Waals surface area contributed by atoms with E-state index in [0.29, 0.717) is 0 Å². The Hall–Kier alpha value is -1.66. The standard InChI is InChI=1S/C12H15ClN4O4/c1-3-4-12(13)8(19)7(6(2)18)21-9(12)17-5-15-10(14)16-11(17)20/h5-9,18-19H,1-2H3,(H2,14,16,20)/t6-,7-,8?,9-,12-/m1/s1. The Kier molecular flexibility index (Phi) is 4.20. The lowest BCUT2D eigenvalue weighted by Crippen LogP contribution is -2.44. The maximum atomic E-state index is 11.9. The van der Waals surface area contributed by atoms with Crippen molar-refractivity contribution in [2.24, 2.45) is 0 Å². The maximum Gasteiger partial charge on any atom is 0.354 e. The highest BCUT2D eigenvalue weighted by atomic mass is 35.5. The number of aromatic nitrogens is 3. The van der Waals surface area contributed by atoms with E-state index in [0.717, 1.165) is 10.9 Å². The molecule has 114 valence electrons. The number of aliphatic hydroxyl groups excluding tert-OH is 2. The molecule has 9 heteroatoms. The highest BCUT2D eigenvalue weighted by Crippen LogP contribution is 2.43. The van der Waals surface area contributed by atoms with Crippen molar-refractivity contribution >= 4 is 17.5 Å². The molecule has 0 saturated carbocycles. The third kappa shape index (κ3) is 2.61. The van der Waals surface area contributed by atoms with Gasteiger partial charge in [0, 0.05) is 0 Å². The molecule has 1 unspecified atom stereocenters. The lowest BCUT2D eigenvalue weighted by Gasteiger charge is -2.25. The van der Waals surface area contributed by atoms with Gasteiger partial charge >= 0.3 is 5.69 Å². The molecule has 2 heterocycles. The number of alkyl halides is 1. The van der Waals surface area contributed by atoms with Crippen LogP contribution < -0.4 is 11.4 Å². The molecule has 0 amide bonds. The zero-order valence-electron chi connectivity index (χ0n) is 11.4. The highest BCUT2D eigenvalue weighted by Gasteiger charge is 2.57. The van der Waals surface area contributed by atoms with E-state index in [1.165, 1.54) is 13.8 Å². The van der Waals surface area contributed by atoms with Gasteiger partial charge in [-0.3, -0.25) is 4.57 Å². The fourth-order valence-electron chi connectivity index (χ4n) is 2.20. The van der Waals surface area contributed by atoms with E-state index in [2.05, 4.69) is 21.8 Å². The Balaban J connectivity index is 2.54. The summed E-state index contributed by atoms with van der Waals surface area (Å²) in [6.07, 6.45) is -3.36. The van der Waals surface area contributed by atoms with Crippen LogP contribution in [0.4, 0.5) is 5.95 Å². The van der Waals surface area contributed by atoms with Crippen LogP contribution in [-0.2, 0) is 4.74 Å². The minimum atomic E-state index is -1.61. The van der Waals surface area contributed by atoms with Gasteiger partial charge in [-0.15, -0.1) is 5.92 Å². The van der Waals surface area contributed by atoms with Crippen LogP contribution in [0.1, 0.15) is 20.1 Å². The molecule has 0 bridgehead atoms. The van der Waals surface area contributed by atoms with E-state index in [1.54, 1.807) is 0 Å². The normalized spacial score (nSPS) is 33.3. The van der Waals surface area contributed by atoms with Gasteiger partial charge in [0.2, 0.25) is 5.95 Å². The average Bonchev–Trinajstić information content (AvgIpc) is 2.64. The van der Waals surface area contributed by atoms with Crippen molar-refractivity contribution in [3.05, 3.63) is 16.8 Å². The summed E-state index contributed by atoms with van der Waals surface area (Å²) in [4.78, 5) is 17.5. The molecule has 1 aliphatic rings. The number of anilines is 1. The Morgan fingerprint density at radius 1 is 1.67 bits per heavy atom. The van der Waals surface area contributed by atoms with Gasteiger partial charge in [0.15, 0.2) is 11.1 Å². The highest BCUT2D eigenvalue weighted by molar-refractivity contribution is 6.27. The Bertz CT molecular complexity index is 653. The minimum absolute atomic E-state index is 0.191. The number of hydrogen-bond donors (Lipinski definition) is 3. The van der Waals surface area contributed by atoms with Crippen LogP contribution in [0.25, 0.3) is 0 Å². The van der Waals surface area contributed by atoms with Crippen LogP contribution >= 0.6 is 11.6 Å². The molecule has 1 aliphatic heterocycles. The molecule has 0 radical (unpaired) electrons. The number of nitrogens with two attached hydrogens (primary N) is 1. The molecule has 0 aliphatic carbocycles. The summed E-state index contributed by atoms with van der Waals surface area (Å²) in [7, 11) is 0. The summed E-state index contributed by atoms with van der Waals surface area (Å²) < 4.78 is 6.50.